The van der Waals surface area contributed by atoms with Crippen molar-refractivity contribution < 1.29 is 4.84 Å². The van der Waals surface area contributed by atoms with Crippen LogP contribution in [0.4, 0.5) is 0 Å². The van der Waals surface area contributed by atoms with Crippen LogP contribution in [0.15, 0.2) is 35.5 Å². The highest BCUT2D eigenvalue weighted by Crippen LogP contribution is 2.63. The van der Waals surface area contributed by atoms with Gasteiger partial charge in [0.05, 0.1) is 0 Å². The first kappa shape index (κ1) is 10.2. The van der Waals surface area contributed by atoms with Crippen molar-refractivity contribution in [2.45, 2.75) is 19.8 Å². The standard InChI is InChI=1S/C13H17NO/c1-13(2)11(9-14-15-3)12(13)10-7-5-4-6-8-10/h4-9,11-12H,1-3H3/b14-9+/t11-,12-/m0/s1. The fraction of sp³-hybridized carbons (Fsp3) is 0.462. The lowest BCUT2D eigenvalue weighted by Crippen LogP contribution is -1.91. The van der Waals surface area contributed by atoms with Crippen molar-refractivity contribution in [3.05, 3.63) is 35.9 Å². The van der Waals surface area contributed by atoms with Crippen molar-refractivity contribution in [3.63, 3.8) is 0 Å². The summed E-state index contributed by atoms with van der Waals surface area (Å²) in [5, 5.41) is 3.88. The Balaban J connectivity index is 2.16. The second-order valence-corrected chi connectivity index (χ2v) is 4.67. The van der Waals surface area contributed by atoms with E-state index >= 15 is 0 Å². The zero-order valence-electron chi connectivity index (χ0n) is 9.47. The van der Waals surface area contributed by atoms with Crippen LogP contribution in [-0.4, -0.2) is 13.3 Å². The molecule has 0 spiro atoms. The van der Waals surface area contributed by atoms with Crippen LogP contribution in [0.2, 0.25) is 0 Å². The predicted octanol–water partition coefficient (Wildman–Crippen LogP) is 3.06. The maximum atomic E-state index is 4.74. The monoisotopic (exact) mass is 203 g/mol. The quantitative estimate of drug-likeness (QED) is 0.546. The van der Waals surface area contributed by atoms with Gasteiger partial charge in [-0.15, -0.1) is 0 Å². The summed E-state index contributed by atoms with van der Waals surface area (Å²) in [6, 6.07) is 10.6. The van der Waals surface area contributed by atoms with E-state index in [1.54, 1.807) is 7.11 Å². The van der Waals surface area contributed by atoms with Crippen LogP contribution in [0, 0.1) is 11.3 Å². The lowest BCUT2D eigenvalue weighted by Gasteiger charge is -2.01. The summed E-state index contributed by atoms with van der Waals surface area (Å²) in [4.78, 5) is 4.74. The number of rotatable bonds is 3. The molecule has 2 heteroatoms. The maximum Gasteiger partial charge on any atom is 0.106 e. The molecular weight excluding hydrogens is 186 g/mol. The first-order valence-electron chi connectivity index (χ1n) is 5.29. The van der Waals surface area contributed by atoms with Crippen molar-refractivity contribution in [3.8, 4) is 0 Å². The summed E-state index contributed by atoms with van der Waals surface area (Å²) < 4.78 is 0. The molecule has 1 aromatic carbocycles. The average molecular weight is 203 g/mol. The van der Waals surface area contributed by atoms with Crippen LogP contribution in [-0.2, 0) is 4.84 Å². The lowest BCUT2D eigenvalue weighted by molar-refractivity contribution is 0.214. The number of oxime groups is 1. The molecule has 0 radical (unpaired) electrons. The van der Waals surface area contributed by atoms with Gasteiger partial charge in [-0.25, -0.2) is 0 Å². The van der Waals surface area contributed by atoms with Crippen molar-refractivity contribution in [1.82, 2.24) is 0 Å². The number of hydrogen-bond acceptors (Lipinski definition) is 2. The highest BCUT2D eigenvalue weighted by molar-refractivity contribution is 5.69. The molecule has 2 nitrogen and oxygen atoms in total. The molecule has 80 valence electrons. The third kappa shape index (κ3) is 1.76. The Morgan fingerprint density at radius 1 is 1.27 bits per heavy atom. The van der Waals surface area contributed by atoms with E-state index in [-0.39, 0.29) is 0 Å². The van der Waals surface area contributed by atoms with Gasteiger partial charge in [-0.3, -0.25) is 0 Å². The Hall–Kier alpha value is -1.31. The van der Waals surface area contributed by atoms with E-state index in [2.05, 4.69) is 49.3 Å². The molecule has 0 amide bonds. The molecule has 0 unspecified atom stereocenters. The van der Waals surface area contributed by atoms with Gasteiger partial charge in [0, 0.05) is 12.1 Å². The minimum atomic E-state index is 0.309. The third-order valence-corrected chi connectivity index (χ3v) is 3.40. The Morgan fingerprint density at radius 2 is 1.93 bits per heavy atom. The molecule has 0 heterocycles. The van der Waals surface area contributed by atoms with Crippen LogP contribution < -0.4 is 0 Å². The van der Waals surface area contributed by atoms with Crippen molar-refractivity contribution in [2.75, 3.05) is 7.11 Å². The van der Waals surface area contributed by atoms with Gasteiger partial charge < -0.3 is 4.84 Å². The molecule has 2 atom stereocenters. The molecule has 1 fully saturated rings. The lowest BCUT2D eigenvalue weighted by atomic mass is 10.0. The molecule has 1 aromatic rings. The SMILES string of the molecule is CO/N=C/[C@H]1[C@H](c2ccccc2)C1(C)C. The predicted molar refractivity (Wildman–Crippen MR) is 62.0 cm³/mol. The smallest absolute Gasteiger partial charge is 0.106 e. The molecule has 0 aliphatic heterocycles. The second kappa shape index (κ2) is 3.69. The van der Waals surface area contributed by atoms with Crippen LogP contribution in [0.25, 0.3) is 0 Å². The Labute approximate surface area is 90.9 Å². The molecule has 0 N–H and O–H groups in total. The Morgan fingerprint density at radius 3 is 2.53 bits per heavy atom. The summed E-state index contributed by atoms with van der Waals surface area (Å²) in [6.45, 7) is 4.55. The van der Waals surface area contributed by atoms with Crippen LogP contribution in [0.1, 0.15) is 25.3 Å². The van der Waals surface area contributed by atoms with Gasteiger partial charge in [-0.2, -0.15) is 0 Å². The molecule has 1 aliphatic carbocycles. The maximum absolute atomic E-state index is 4.74. The molecule has 1 saturated carbocycles. The third-order valence-electron chi connectivity index (χ3n) is 3.40. The van der Waals surface area contributed by atoms with E-state index < -0.39 is 0 Å². The fourth-order valence-corrected chi connectivity index (χ4v) is 2.38. The molecule has 0 aromatic heterocycles. The Kier molecular flexibility index (Phi) is 2.51. The van der Waals surface area contributed by atoms with E-state index in [0.717, 1.165) is 0 Å². The first-order chi connectivity index (χ1) is 7.18. The number of benzene rings is 1. The largest absolute Gasteiger partial charge is 0.399 e. The summed E-state index contributed by atoms with van der Waals surface area (Å²) in [5.74, 6) is 1.08. The summed E-state index contributed by atoms with van der Waals surface area (Å²) >= 11 is 0. The van der Waals surface area contributed by atoms with Crippen LogP contribution in [0.3, 0.4) is 0 Å². The minimum absolute atomic E-state index is 0.309. The molecule has 15 heavy (non-hydrogen) atoms. The van der Waals surface area contributed by atoms with Crippen molar-refractivity contribution in [2.24, 2.45) is 16.5 Å². The number of nitrogens with zero attached hydrogens (tertiary/aromatic N) is 1. The number of hydrogen-bond donors (Lipinski definition) is 0. The Bertz CT molecular complexity index is 356. The molecule has 1 aliphatic rings. The molecule has 0 saturated heterocycles. The first-order valence-corrected chi connectivity index (χ1v) is 5.29. The van der Waals surface area contributed by atoms with Crippen molar-refractivity contribution in [1.29, 1.82) is 0 Å². The summed E-state index contributed by atoms with van der Waals surface area (Å²) in [5.41, 5.74) is 1.71. The summed E-state index contributed by atoms with van der Waals surface area (Å²) in [7, 11) is 1.59. The highest BCUT2D eigenvalue weighted by atomic mass is 16.6. The molecular formula is C13H17NO. The second-order valence-electron chi connectivity index (χ2n) is 4.67. The van der Waals surface area contributed by atoms with Gasteiger partial charge in [0.25, 0.3) is 0 Å². The van der Waals surface area contributed by atoms with Gasteiger partial charge in [0.1, 0.15) is 7.11 Å². The van der Waals surface area contributed by atoms with Gasteiger partial charge in [0.2, 0.25) is 0 Å². The minimum Gasteiger partial charge on any atom is -0.399 e. The molecule has 2 rings (SSSR count). The van der Waals surface area contributed by atoms with E-state index in [4.69, 9.17) is 4.84 Å². The van der Waals surface area contributed by atoms with E-state index in [0.29, 0.717) is 17.3 Å². The van der Waals surface area contributed by atoms with Gasteiger partial charge >= 0.3 is 0 Å². The van der Waals surface area contributed by atoms with E-state index in [9.17, 15) is 0 Å². The topological polar surface area (TPSA) is 21.6 Å². The van der Waals surface area contributed by atoms with E-state index in [1.165, 1.54) is 5.56 Å². The summed E-state index contributed by atoms with van der Waals surface area (Å²) in [6.07, 6.45) is 1.93. The van der Waals surface area contributed by atoms with Crippen LogP contribution >= 0.6 is 0 Å². The fourth-order valence-electron chi connectivity index (χ4n) is 2.38. The normalized spacial score (nSPS) is 27.9. The highest BCUT2D eigenvalue weighted by Gasteiger charge is 2.57. The zero-order valence-corrected chi connectivity index (χ0v) is 9.47. The van der Waals surface area contributed by atoms with Crippen LogP contribution in [0.5, 0.6) is 0 Å². The van der Waals surface area contributed by atoms with Gasteiger partial charge in [-0.05, 0) is 16.9 Å². The molecule has 0 bridgehead atoms. The van der Waals surface area contributed by atoms with Gasteiger partial charge in [-0.1, -0.05) is 49.3 Å². The van der Waals surface area contributed by atoms with Crippen molar-refractivity contribution >= 4 is 6.21 Å². The average Bonchev–Trinajstić information content (AvgIpc) is 2.79. The zero-order chi connectivity index (χ0) is 10.9. The van der Waals surface area contributed by atoms with E-state index in [1.807, 2.05) is 6.21 Å². The van der Waals surface area contributed by atoms with Gasteiger partial charge in [0.15, 0.2) is 0 Å².